The van der Waals surface area contributed by atoms with Crippen molar-refractivity contribution in [3.8, 4) is 0 Å². The van der Waals surface area contributed by atoms with Gasteiger partial charge in [-0.3, -0.25) is 10.1 Å². The van der Waals surface area contributed by atoms with Gasteiger partial charge in [-0.1, -0.05) is 12.0 Å². The van der Waals surface area contributed by atoms with E-state index in [9.17, 15) is 13.2 Å². The molecule has 0 spiro atoms. The summed E-state index contributed by atoms with van der Waals surface area (Å²) in [6.45, 7) is 3.83. The number of sulfonamides is 1. The van der Waals surface area contributed by atoms with E-state index >= 15 is 0 Å². The molecule has 10 heteroatoms. The molecule has 0 radical (unpaired) electrons. The van der Waals surface area contributed by atoms with Crippen molar-refractivity contribution in [3.63, 3.8) is 0 Å². The summed E-state index contributed by atoms with van der Waals surface area (Å²) in [5, 5.41) is 10.3. The molecule has 1 unspecified atom stereocenters. The van der Waals surface area contributed by atoms with Crippen molar-refractivity contribution in [2.45, 2.75) is 43.6 Å². The lowest BCUT2D eigenvalue weighted by Gasteiger charge is -2.29. The molecule has 1 atom stereocenters. The van der Waals surface area contributed by atoms with Crippen LogP contribution in [0.4, 0.5) is 6.01 Å². The summed E-state index contributed by atoms with van der Waals surface area (Å²) in [5.41, 5.74) is 0.299. The van der Waals surface area contributed by atoms with E-state index in [0.717, 1.165) is 25.7 Å². The van der Waals surface area contributed by atoms with Gasteiger partial charge in [-0.15, -0.1) is 5.10 Å². The SMILES string of the molecule is CC1CCN(S(=O)(=O)c2ccc(C(=O)Nc3nnc(C4CCCO4)o3)cc2)CC1. The Morgan fingerprint density at radius 3 is 2.52 bits per heavy atom. The van der Waals surface area contributed by atoms with Crippen LogP contribution in [-0.2, 0) is 14.8 Å². The summed E-state index contributed by atoms with van der Waals surface area (Å²) in [4.78, 5) is 12.6. The fraction of sp³-hybridized carbons (Fsp3) is 0.526. The second-order valence-electron chi connectivity index (χ2n) is 7.51. The van der Waals surface area contributed by atoms with Crippen molar-refractivity contribution in [2.75, 3.05) is 25.0 Å². The van der Waals surface area contributed by atoms with Gasteiger partial charge in [0.1, 0.15) is 6.10 Å². The molecule has 0 saturated carbocycles. The smallest absolute Gasteiger partial charge is 0.322 e. The van der Waals surface area contributed by atoms with E-state index in [1.165, 1.54) is 28.6 Å². The summed E-state index contributed by atoms with van der Waals surface area (Å²) in [6, 6.07) is 5.85. The summed E-state index contributed by atoms with van der Waals surface area (Å²) >= 11 is 0. The molecule has 1 aromatic carbocycles. The van der Waals surface area contributed by atoms with Gasteiger partial charge in [-0.05, 0) is 55.9 Å². The molecule has 0 bridgehead atoms. The lowest BCUT2D eigenvalue weighted by molar-refractivity contribution is 0.0893. The molecule has 29 heavy (non-hydrogen) atoms. The van der Waals surface area contributed by atoms with Gasteiger partial charge >= 0.3 is 6.01 Å². The highest BCUT2D eigenvalue weighted by atomic mass is 32.2. The third-order valence-electron chi connectivity index (χ3n) is 5.36. The molecule has 9 nitrogen and oxygen atoms in total. The van der Waals surface area contributed by atoms with Crippen LogP contribution in [0.25, 0.3) is 0 Å². The number of carbonyl (C=O) groups excluding carboxylic acids is 1. The number of aromatic nitrogens is 2. The third-order valence-corrected chi connectivity index (χ3v) is 7.28. The van der Waals surface area contributed by atoms with E-state index in [1.54, 1.807) is 0 Å². The molecule has 2 aromatic rings. The highest BCUT2D eigenvalue weighted by molar-refractivity contribution is 7.89. The Kier molecular flexibility index (Phi) is 5.66. The normalized spacial score (nSPS) is 21.3. The van der Waals surface area contributed by atoms with E-state index in [4.69, 9.17) is 9.15 Å². The molecule has 1 aromatic heterocycles. The van der Waals surface area contributed by atoms with Crippen molar-refractivity contribution >= 4 is 21.9 Å². The van der Waals surface area contributed by atoms with Gasteiger partial charge in [-0.25, -0.2) is 8.42 Å². The zero-order chi connectivity index (χ0) is 20.4. The van der Waals surface area contributed by atoms with Crippen LogP contribution in [0.3, 0.4) is 0 Å². The zero-order valence-electron chi connectivity index (χ0n) is 16.2. The second kappa shape index (κ2) is 8.21. The number of carbonyl (C=O) groups is 1. The number of piperidine rings is 1. The van der Waals surface area contributed by atoms with Gasteiger partial charge in [0.25, 0.3) is 5.91 Å². The van der Waals surface area contributed by atoms with E-state index in [0.29, 0.717) is 37.1 Å². The van der Waals surface area contributed by atoms with Crippen LogP contribution in [0.15, 0.2) is 33.6 Å². The Hall–Kier alpha value is -2.30. The summed E-state index contributed by atoms with van der Waals surface area (Å²) in [7, 11) is -3.55. The maximum absolute atomic E-state index is 12.8. The maximum atomic E-state index is 12.8. The second-order valence-corrected chi connectivity index (χ2v) is 9.45. The number of hydrogen-bond donors (Lipinski definition) is 1. The Bertz CT molecular complexity index is 959. The van der Waals surface area contributed by atoms with Gasteiger partial charge in [0.15, 0.2) is 0 Å². The Balaban J connectivity index is 1.41. The highest BCUT2D eigenvalue weighted by Crippen LogP contribution is 2.28. The van der Waals surface area contributed by atoms with Crippen molar-refractivity contribution in [3.05, 3.63) is 35.7 Å². The minimum absolute atomic E-state index is 0.0142. The summed E-state index contributed by atoms with van der Waals surface area (Å²) in [5.74, 6) is 0.427. The molecule has 4 rings (SSSR count). The van der Waals surface area contributed by atoms with Crippen molar-refractivity contribution in [1.82, 2.24) is 14.5 Å². The zero-order valence-corrected chi connectivity index (χ0v) is 17.0. The monoisotopic (exact) mass is 420 g/mol. The van der Waals surface area contributed by atoms with Crippen LogP contribution in [0, 0.1) is 5.92 Å². The van der Waals surface area contributed by atoms with Crippen LogP contribution >= 0.6 is 0 Å². The van der Waals surface area contributed by atoms with E-state index in [-0.39, 0.29) is 17.0 Å². The third kappa shape index (κ3) is 4.34. The quantitative estimate of drug-likeness (QED) is 0.790. The first kappa shape index (κ1) is 20.0. The number of nitrogens with one attached hydrogen (secondary N) is 1. The average molecular weight is 420 g/mol. The minimum Gasteiger partial charge on any atom is -0.405 e. The Morgan fingerprint density at radius 1 is 1.14 bits per heavy atom. The molecule has 0 aliphatic carbocycles. The first-order valence-corrected chi connectivity index (χ1v) is 11.2. The Labute approximate surface area is 169 Å². The minimum atomic E-state index is -3.55. The molecular formula is C19H24N4O5S. The van der Waals surface area contributed by atoms with E-state index in [2.05, 4.69) is 22.4 Å². The van der Waals surface area contributed by atoms with Gasteiger partial charge < -0.3 is 9.15 Å². The van der Waals surface area contributed by atoms with Gasteiger partial charge in [-0.2, -0.15) is 4.31 Å². The number of amides is 1. The van der Waals surface area contributed by atoms with Gasteiger partial charge in [0, 0.05) is 25.3 Å². The number of ether oxygens (including phenoxy) is 1. The molecule has 156 valence electrons. The number of rotatable bonds is 5. The molecular weight excluding hydrogens is 396 g/mol. The lowest BCUT2D eigenvalue weighted by Crippen LogP contribution is -2.37. The number of hydrogen-bond acceptors (Lipinski definition) is 7. The van der Waals surface area contributed by atoms with Crippen molar-refractivity contribution < 1.29 is 22.4 Å². The molecule has 1 amide bonds. The number of anilines is 1. The van der Waals surface area contributed by atoms with Gasteiger partial charge in [0.2, 0.25) is 15.9 Å². The average Bonchev–Trinajstić information content (AvgIpc) is 3.40. The molecule has 2 fully saturated rings. The first-order chi connectivity index (χ1) is 13.9. The molecule has 2 aliphatic heterocycles. The number of benzene rings is 1. The van der Waals surface area contributed by atoms with Crippen LogP contribution in [0.1, 0.15) is 55.0 Å². The Morgan fingerprint density at radius 2 is 1.86 bits per heavy atom. The standard InChI is InChI=1S/C19H24N4O5S/c1-13-8-10-23(11-9-13)29(25,26)15-6-4-14(5-7-15)17(24)20-19-22-21-18(28-19)16-3-2-12-27-16/h4-7,13,16H,2-3,8-12H2,1H3,(H,20,22,24). The molecule has 2 saturated heterocycles. The summed E-state index contributed by atoms with van der Waals surface area (Å²) < 4.78 is 38.0. The largest absolute Gasteiger partial charge is 0.405 e. The predicted molar refractivity (Wildman–Crippen MR) is 104 cm³/mol. The fourth-order valence-electron chi connectivity index (χ4n) is 3.51. The predicted octanol–water partition coefficient (Wildman–Crippen LogP) is 2.59. The topological polar surface area (TPSA) is 115 Å². The lowest BCUT2D eigenvalue weighted by atomic mass is 10.0. The van der Waals surface area contributed by atoms with Crippen LogP contribution in [0.2, 0.25) is 0 Å². The van der Waals surface area contributed by atoms with Crippen LogP contribution in [-0.4, -0.2) is 48.5 Å². The van der Waals surface area contributed by atoms with Crippen LogP contribution < -0.4 is 5.32 Å². The maximum Gasteiger partial charge on any atom is 0.322 e. The van der Waals surface area contributed by atoms with Crippen LogP contribution in [0.5, 0.6) is 0 Å². The van der Waals surface area contributed by atoms with Crippen molar-refractivity contribution in [2.24, 2.45) is 5.92 Å². The molecule has 1 N–H and O–H groups in total. The number of nitrogens with zero attached hydrogens (tertiary/aromatic N) is 3. The van der Waals surface area contributed by atoms with E-state index in [1.807, 2.05) is 0 Å². The van der Waals surface area contributed by atoms with Gasteiger partial charge in [0.05, 0.1) is 4.90 Å². The van der Waals surface area contributed by atoms with E-state index < -0.39 is 15.9 Å². The fourth-order valence-corrected chi connectivity index (χ4v) is 4.98. The highest BCUT2D eigenvalue weighted by Gasteiger charge is 2.28. The first-order valence-electron chi connectivity index (χ1n) is 9.80. The summed E-state index contributed by atoms with van der Waals surface area (Å²) in [6.07, 6.45) is 3.23. The molecule has 3 heterocycles. The molecule has 2 aliphatic rings. The van der Waals surface area contributed by atoms with Crippen molar-refractivity contribution in [1.29, 1.82) is 0 Å².